The summed E-state index contributed by atoms with van der Waals surface area (Å²) in [5.74, 6) is 0. The number of rotatable bonds is 2. The van der Waals surface area contributed by atoms with Crippen molar-refractivity contribution in [1.29, 1.82) is 0 Å². The summed E-state index contributed by atoms with van der Waals surface area (Å²) in [5, 5.41) is 0. The van der Waals surface area contributed by atoms with Crippen LogP contribution in [0.2, 0.25) is 0 Å². The highest BCUT2D eigenvalue weighted by molar-refractivity contribution is 6.18. The molecular weight excluding hydrogens is 283 g/mol. The fourth-order valence-electron chi connectivity index (χ4n) is 2.38. The molecule has 0 aromatic heterocycles. The topological polar surface area (TPSA) is 18.5 Å². The maximum Gasteiger partial charge on any atom is 0.488 e. The van der Waals surface area contributed by atoms with E-state index in [0.29, 0.717) is 0 Å². The lowest BCUT2D eigenvalue weighted by Gasteiger charge is -2.05. The van der Waals surface area contributed by atoms with Crippen LogP contribution in [0.5, 0.6) is 0 Å². The minimum atomic E-state index is 0.722. The molecule has 1 fully saturated rings. The lowest BCUT2D eigenvalue weighted by molar-refractivity contribution is 0.365. The van der Waals surface area contributed by atoms with Gasteiger partial charge >= 0.3 is 7.69 Å². The van der Waals surface area contributed by atoms with Gasteiger partial charge in [-0.15, -0.1) is 0 Å². The fourth-order valence-corrected chi connectivity index (χ4v) is 2.38. The second-order valence-corrected chi connectivity index (χ2v) is 5.15. The van der Waals surface area contributed by atoms with Crippen molar-refractivity contribution in [3.8, 4) is 22.3 Å². The minimum Gasteiger partial charge on any atom is -0.411 e. The van der Waals surface area contributed by atoms with Crippen molar-refractivity contribution in [1.82, 2.24) is 0 Å². The van der Waals surface area contributed by atoms with E-state index in [9.17, 15) is 0 Å². The summed E-state index contributed by atoms with van der Waals surface area (Å²) >= 11 is 0. The second-order valence-electron chi connectivity index (χ2n) is 5.15. The van der Waals surface area contributed by atoms with E-state index in [1.54, 1.807) is 0 Å². The third-order valence-electron chi connectivity index (χ3n) is 3.53. The molecule has 0 spiro atoms. The standard InChI is InChI=1S/C18H14.C2H4BO2/c1-3-8-15(9-4-1)17-12-7-13-18(14-17)16-10-5-2-6-11-16;1-2-5-3-4-1/h1-14H;1-2H2. The van der Waals surface area contributed by atoms with Crippen molar-refractivity contribution in [2.75, 3.05) is 13.2 Å². The van der Waals surface area contributed by atoms with Gasteiger partial charge in [0.15, 0.2) is 0 Å². The van der Waals surface area contributed by atoms with Crippen molar-refractivity contribution in [2.45, 2.75) is 0 Å². The van der Waals surface area contributed by atoms with Crippen LogP contribution in [0.3, 0.4) is 0 Å². The Balaban J connectivity index is 0.000000267. The van der Waals surface area contributed by atoms with Crippen LogP contribution in [0, 0.1) is 0 Å². The molecule has 1 aliphatic heterocycles. The van der Waals surface area contributed by atoms with E-state index in [0.717, 1.165) is 13.2 Å². The lowest BCUT2D eigenvalue weighted by Crippen LogP contribution is -1.83. The fraction of sp³-hybridized carbons (Fsp3) is 0.100. The Kier molecular flexibility index (Phi) is 5.62. The van der Waals surface area contributed by atoms with E-state index in [2.05, 4.69) is 82.1 Å². The Morgan fingerprint density at radius 2 is 0.957 bits per heavy atom. The van der Waals surface area contributed by atoms with E-state index < -0.39 is 0 Å². The van der Waals surface area contributed by atoms with Gasteiger partial charge in [0.25, 0.3) is 0 Å². The molecule has 0 N–H and O–H groups in total. The molecule has 3 aromatic rings. The molecule has 1 heterocycles. The molecule has 4 rings (SSSR count). The third kappa shape index (κ3) is 4.55. The van der Waals surface area contributed by atoms with Gasteiger partial charge in [-0.2, -0.15) is 0 Å². The van der Waals surface area contributed by atoms with Gasteiger partial charge in [0.2, 0.25) is 0 Å². The van der Waals surface area contributed by atoms with Crippen molar-refractivity contribution in [3.05, 3.63) is 84.9 Å². The molecule has 0 amide bonds. The molecular formula is C20H18BO2. The number of hydrogen-bond acceptors (Lipinski definition) is 2. The zero-order valence-electron chi connectivity index (χ0n) is 12.9. The van der Waals surface area contributed by atoms with E-state index >= 15 is 0 Å². The molecule has 113 valence electrons. The van der Waals surface area contributed by atoms with Crippen LogP contribution in [0.15, 0.2) is 84.9 Å². The Morgan fingerprint density at radius 1 is 0.522 bits per heavy atom. The van der Waals surface area contributed by atoms with Gasteiger partial charge < -0.3 is 9.31 Å². The third-order valence-corrected chi connectivity index (χ3v) is 3.53. The predicted molar refractivity (Wildman–Crippen MR) is 95.0 cm³/mol. The Bertz CT molecular complexity index is 648. The lowest BCUT2D eigenvalue weighted by atomic mass is 9.99. The second kappa shape index (κ2) is 8.32. The zero-order chi connectivity index (χ0) is 15.7. The molecule has 2 nitrogen and oxygen atoms in total. The first-order chi connectivity index (χ1) is 11.4. The molecule has 0 saturated carbocycles. The highest BCUT2D eigenvalue weighted by Crippen LogP contribution is 2.25. The molecule has 1 saturated heterocycles. The summed E-state index contributed by atoms with van der Waals surface area (Å²) < 4.78 is 9.19. The van der Waals surface area contributed by atoms with Crippen LogP contribution in [-0.4, -0.2) is 20.9 Å². The minimum absolute atomic E-state index is 0.722. The van der Waals surface area contributed by atoms with E-state index in [-0.39, 0.29) is 0 Å². The Morgan fingerprint density at radius 3 is 1.35 bits per heavy atom. The molecule has 0 aliphatic carbocycles. The quantitative estimate of drug-likeness (QED) is 0.645. The largest absolute Gasteiger partial charge is 0.488 e. The molecule has 0 bridgehead atoms. The van der Waals surface area contributed by atoms with Gasteiger partial charge in [-0.3, -0.25) is 0 Å². The van der Waals surface area contributed by atoms with Gasteiger partial charge in [0, 0.05) is 0 Å². The summed E-state index contributed by atoms with van der Waals surface area (Å²) in [5.41, 5.74) is 5.04. The first-order valence-corrected chi connectivity index (χ1v) is 7.69. The van der Waals surface area contributed by atoms with Crippen LogP contribution in [0.4, 0.5) is 0 Å². The number of benzene rings is 3. The smallest absolute Gasteiger partial charge is 0.411 e. The number of hydrogen-bond donors (Lipinski definition) is 0. The van der Waals surface area contributed by atoms with E-state index in [4.69, 9.17) is 0 Å². The van der Waals surface area contributed by atoms with Crippen molar-refractivity contribution in [3.63, 3.8) is 0 Å². The summed E-state index contributed by atoms with van der Waals surface area (Å²) in [6, 6.07) is 29.6. The highest BCUT2D eigenvalue weighted by atomic mass is 16.6. The van der Waals surface area contributed by atoms with Gasteiger partial charge in [0.05, 0.1) is 13.2 Å². The average molecular weight is 301 g/mol. The maximum absolute atomic E-state index is 4.60. The van der Waals surface area contributed by atoms with Gasteiger partial charge in [-0.1, -0.05) is 78.9 Å². The molecule has 23 heavy (non-hydrogen) atoms. The summed E-state index contributed by atoms with van der Waals surface area (Å²) in [7, 11) is 1.36. The average Bonchev–Trinajstić information content (AvgIpc) is 3.23. The van der Waals surface area contributed by atoms with Gasteiger partial charge in [-0.05, 0) is 28.3 Å². The van der Waals surface area contributed by atoms with E-state index in [1.165, 1.54) is 29.9 Å². The van der Waals surface area contributed by atoms with Crippen molar-refractivity contribution < 1.29 is 9.31 Å². The molecule has 0 atom stereocenters. The highest BCUT2D eigenvalue weighted by Gasteiger charge is 2.00. The van der Waals surface area contributed by atoms with Gasteiger partial charge in [0.1, 0.15) is 0 Å². The summed E-state index contributed by atoms with van der Waals surface area (Å²) in [6.07, 6.45) is 0. The Labute approximate surface area is 138 Å². The zero-order valence-corrected chi connectivity index (χ0v) is 12.9. The van der Waals surface area contributed by atoms with Crippen LogP contribution in [0.1, 0.15) is 0 Å². The molecule has 0 unspecified atom stereocenters. The molecule has 3 heteroatoms. The van der Waals surface area contributed by atoms with Gasteiger partial charge in [-0.25, -0.2) is 0 Å². The van der Waals surface area contributed by atoms with Crippen molar-refractivity contribution in [2.24, 2.45) is 0 Å². The van der Waals surface area contributed by atoms with Crippen molar-refractivity contribution >= 4 is 7.69 Å². The summed E-state index contributed by atoms with van der Waals surface area (Å²) in [6.45, 7) is 1.44. The van der Waals surface area contributed by atoms with Crippen LogP contribution in [0.25, 0.3) is 22.3 Å². The van der Waals surface area contributed by atoms with Crippen LogP contribution in [-0.2, 0) is 9.31 Å². The normalized spacial score (nSPS) is 12.9. The maximum atomic E-state index is 4.60. The van der Waals surface area contributed by atoms with Crippen LogP contribution >= 0.6 is 0 Å². The molecule has 1 aliphatic rings. The summed E-state index contributed by atoms with van der Waals surface area (Å²) in [4.78, 5) is 0. The first-order valence-electron chi connectivity index (χ1n) is 7.69. The first kappa shape index (κ1) is 15.5. The monoisotopic (exact) mass is 301 g/mol. The Hall–Kier alpha value is -2.36. The van der Waals surface area contributed by atoms with Crippen LogP contribution < -0.4 is 0 Å². The SMILES string of the molecule is [B]1OCCO1.c1ccc(-c2cccc(-c3ccccc3)c2)cc1. The van der Waals surface area contributed by atoms with E-state index in [1.807, 2.05) is 12.1 Å². The molecule has 1 radical (unpaired) electrons. The molecule has 3 aromatic carbocycles. The predicted octanol–water partition coefficient (Wildman–Crippen LogP) is 4.59.